The van der Waals surface area contributed by atoms with E-state index in [-0.39, 0.29) is 0 Å². The maximum absolute atomic E-state index is 6.34. The Bertz CT molecular complexity index is 384. The van der Waals surface area contributed by atoms with Gasteiger partial charge in [-0.25, -0.2) is 0 Å². The van der Waals surface area contributed by atoms with Gasteiger partial charge in [0.15, 0.2) is 0 Å². The smallest absolute Gasteiger partial charge is 0.0627 e. The average Bonchev–Trinajstić information content (AvgIpc) is 2.64. The van der Waals surface area contributed by atoms with Gasteiger partial charge in [-0.3, -0.25) is 0 Å². The van der Waals surface area contributed by atoms with Crippen molar-refractivity contribution in [1.82, 2.24) is 0 Å². The van der Waals surface area contributed by atoms with Gasteiger partial charge < -0.3 is 5.73 Å². The topological polar surface area (TPSA) is 26.0 Å². The molecule has 3 heteroatoms. The molecule has 0 heterocycles. The molecule has 0 amide bonds. The van der Waals surface area contributed by atoms with Gasteiger partial charge in [0.25, 0.3) is 0 Å². The van der Waals surface area contributed by atoms with E-state index in [1.807, 2.05) is 12.1 Å². The first kappa shape index (κ1) is 14.2. The van der Waals surface area contributed by atoms with E-state index < -0.39 is 0 Å². The molecule has 2 N–H and O–H groups in total. The fourth-order valence-electron chi connectivity index (χ4n) is 3.09. The molecule has 0 aromatic heterocycles. The summed E-state index contributed by atoms with van der Waals surface area (Å²) < 4.78 is 0. The molecule has 1 saturated carbocycles. The molecule has 1 fully saturated rings. The average molecular weight is 286 g/mol. The van der Waals surface area contributed by atoms with E-state index in [2.05, 4.69) is 6.07 Å². The Morgan fingerprint density at radius 3 is 2.39 bits per heavy atom. The molecule has 2 rings (SSSR count). The third-order valence-corrected chi connectivity index (χ3v) is 4.94. The second kappa shape index (κ2) is 6.79. The first-order chi connectivity index (χ1) is 8.74. The van der Waals surface area contributed by atoms with Gasteiger partial charge in [0.1, 0.15) is 0 Å². The molecule has 18 heavy (non-hydrogen) atoms. The van der Waals surface area contributed by atoms with E-state index in [0.29, 0.717) is 28.4 Å². The molecule has 100 valence electrons. The van der Waals surface area contributed by atoms with Crippen LogP contribution in [0.5, 0.6) is 0 Å². The number of halogens is 2. The molecule has 0 radical (unpaired) electrons. The summed E-state index contributed by atoms with van der Waals surface area (Å²) in [5.41, 5.74) is 7.14. The molecule has 1 aromatic carbocycles. The van der Waals surface area contributed by atoms with Gasteiger partial charge in [0, 0.05) is 5.92 Å². The van der Waals surface area contributed by atoms with Crippen molar-refractivity contribution in [3.63, 3.8) is 0 Å². The summed E-state index contributed by atoms with van der Waals surface area (Å²) in [5, 5.41) is 1.33. The van der Waals surface area contributed by atoms with Crippen LogP contribution in [0.4, 0.5) is 0 Å². The van der Waals surface area contributed by atoms with Crippen LogP contribution in [0.1, 0.15) is 50.0 Å². The monoisotopic (exact) mass is 285 g/mol. The second-order valence-corrected chi connectivity index (χ2v) is 6.02. The lowest BCUT2D eigenvalue weighted by atomic mass is 9.81. The Hall–Kier alpha value is -0.240. The molecule has 0 aliphatic heterocycles. The summed E-state index contributed by atoms with van der Waals surface area (Å²) in [6.07, 6.45) is 7.89. The first-order valence-corrected chi connectivity index (χ1v) is 7.63. The number of benzene rings is 1. The summed E-state index contributed by atoms with van der Waals surface area (Å²) in [7, 11) is 0. The Balaban J connectivity index is 2.23. The van der Waals surface area contributed by atoms with Crippen molar-refractivity contribution >= 4 is 23.2 Å². The summed E-state index contributed by atoms with van der Waals surface area (Å²) in [6.45, 7) is 0.657. The molecular weight excluding hydrogens is 265 g/mol. The van der Waals surface area contributed by atoms with E-state index in [1.54, 1.807) is 0 Å². The predicted molar refractivity (Wildman–Crippen MR) is 79.4 cm³/mol. The lowest BCUT2D eigenvalue weighted by Crippen LogP contribution is -2.21. The minimum Gasteiger partial charge on any atom is -0.330 e. The molecule has 1 atom stereocenters. The quantitative estimate of drug-likeness (QED) is 0.777. The molecule has 1 aliphatic rings. The van der Waals surface area contributed by atoms with Crippen LogP contribution < -0.4 is 5.73 Å². The zero-order chi connectivity index (χ0) is 13.0. The minimum atomic E-state index is 0.356. The van der Waals surface area contributed by atoms with E-state index in [4.69, 9.17) is 28.9 Å². The maximum Gasteiger partial charge on any atom is 0.0627 e. The van der Waals surface area contributed by atoms with E-state index in [1.165, 1.54) is 38.5 Å². The first-order valence-electron chi connectivity index (χ1n) is 6.88. The Morgan fingerprint density at radius 1 is 1.11 bits per heavy atom. The Morgan fingerprint density at radius 2 is 1.78 bits per heavy atom. The van der Waals surface area contributed by atoms with E-state index in [9.17, 15) is 0 Å². The summed E-state index contributed by atoms with van der Waals surface area (Å²) >= 11 is 12.5. The van der Waals surface area contributed by atoms with E-state index >= 15 is 0 Å². The van der Waals surface area contributed by atoms with Gasteiger partial charge in [0.2, 0.25) is 0 Å². The van der Waals surface area contributed by atoms with E-state index in [0.717, 1.165) is 5.56 Å². The van der Waals surface area contributed by atoms with Crippen LogP contribution in [0.15, 0.2) is 18.2 Å². The number of nitrogens with two attached hydrogens (primary N) is 1. The van der Waals surface area contributed by atoms with Crippen LogP contribution in [-0.4, -0.2) is 6.54 Å². The van der Waals surface area contributed by atoms with Gasteiger partial charge in [-0.15, -0.1) is 0 Å². The molecular formula is C15H21Cl2N. The van der Waals surface area contributed by atoms with Crippen molar-refractivity contribution in [2.24, 2.45) is 11.7 Å². The minimum absolute atomic E-state index is 0.356. The van der Waals surface area contributed by atoms with Crippen molar-refractivity contribution in [1.29, 1.82) is 0 Å². The van der Waals surface area contributed by atoms with Crippen LogP contribution >= 0.6 is 23.2 Å². The van der Waals surface area contributed by atoms with Crippen LogP contribution in [0, 0.1) is 5.92 Å². The second-order valence-electron chi connectivity index (χ2n) is 5.24. The van der Waals surface area contributed by atoms with Gasteiger partial charge in [-0.05, 0) is 36.9 Å². The summed E-state index contributed by atoms with van der Waals surface area (Å²) in [5.74, 6) is 1.02. The van der Waals surface area contributed by atoms with Crippen molar-refractivity contribution in [2.75, 3.05) is 6.54 Å². The van der Waals surface area contributed by atoms with Crippen LogP contribution in [0.3, 0.4) is 0 Å². The Kier molecular flexibility index (Phi) is 5.35. The normalized spacial score (nSPS) is 19.5. The molecule has 1 nitrogen and oxygen atoms in total. The zero-order valence-corrected chi connectivity index (χ0v) is 12.2. The van der Waals surface area contributed by atoms with Gasteiger partial charge in [-0.2, -0.15) is 0 Å². The van der Waals surface area contributed by atoms with Gasteiger partial charge >= 0.3 is 0 Å². The number of rotatable bonds is 3. The fraction of sp³-hybridized carbons (Fsp3) is 0.600. The molecule has 0 bridgehead atoms. The molecule has 1 unspecified atom stereocenters. The highest BCUT2D eigenvalue weighted by Crippen LogP contribution is 2.39. The lowest BCUT2D eigenvalue weighted by molar-refractivity contribution is 0.380. The lowest BCUT2D eigenvalue weighted by Gasteiger charge is -2.26. The predicted octanol–water partition coefficient (Wildman–Crippen LogP) is 5.01. The van der Waals surface area contributed by atoms with Crippen LogP contribution in [0.2, 0.25) is 10.0 Å². The Labute approximate surface area is 120 Å². The summed E-state index contributed by atoms with van der Waals surface area (Å²) in [4.78, 5) is 0. The molecule has 1 aliphatic carbocycles. The van der Waals surface area contributed by atoms with Crippen molar-refractivity contribution in [3.8, 4) is 0 Å². The van der Waals surface area contributed by atoms with Crippen molar-refractivity contribution in [2.45, 2.75) is 44.4 Å². The molecule has 0 saturated heterocycles. The highest BCUT2D eigenvalue weighted by Gasteiger charge is 2.25. The summed E-state index contributed by atoms with van der Waals surface area (Å²) in [6, 6.07) is 5.90. The van der Waals surface area contributed by atoms with Gasteiger partial charge in [-0.1, -0.05) is 61.0 Å². The highest BCUT2D eigenvalue weighted by atomic mass is 35.5. The third kappa shape index (κ3) is 3.20. The molecule has 0 spiro atoms. The third-order valence-electron chi connectivity index (χ3n) is 4.10. The largest absolute Gasteiger partial charge is 0.330 e. The van der Waals surface area contributed by atoms with Crippen molar-refractivity contribution < 1.29 is 0 Å². The molecule has 1 aromatic rings. The van der Waals surface area contributed by atoms with Gasteiger partial charge in [0.05, 0.1) is 10.0 Å². The number of hydrogen-bond acceptors (Lipinski definition) is 1. The maximum atomic E-state index is 6.34. The standard InChI is InChI=1S/C15H21Cl2N/c16-14-9-5-8-12(15(14)17)13(10-18)11-6-3-1-2-4-7-11/h5,8-9,11,13H,1-4,6-7,10,18H2. The SMILES string of the molecule is NCC(c1cccc(Cl)c1Cl)C1CCCCCC1. The fourth-order valence-corrected chi connectivity index (χ4v) is 3.54. The zero-order valence-electron chi connectivity index (χ0n) is 10.7. The van der Waals surface area contributed by atoms with Crippen LogP contribution in [-0.2, 0) is 0 Å². The van der Waals surface area contributed by atoms with Crippen LogP contribution in [0.25, 0.3) is 0 Å². The highest BCUT2D eigenvalue weighted by molar-refractivity contribution is 6.42. The number of hydrogen-bond donors (Lipinski definition) is 1. The van der Waals surface area contributed by atoms with Crippen molar-refractivity contribution in [3.05, 3.63) is 33.8 Å².